The lowest BCUT2D eigenvalue weighted by molar-refractivity contribution is 0.250. The second-order valence-corrected chi connectivity index (χ2v) is 8.15. The Labute approximate surface area is 172 Å². The smallest absolute Gasteiger partial charge is 0.326 e. The van der Waals surface area contributed by atoms with Crippen LogP contribution in [0.2, 0.25) is 0 Å². The molecule has 4 aromatic rings. The van der Waals surface area contributed by atoms with Crippen LogP contribution < -0.4 is 16.0 Å². The Morgan fingerprint density at radius 1 is 0.933 bits per heavy atom. The van der Waals surface area contributed by atoms with Crippen LogP contribution in [-0.4, -0.2) is 21.6 Å². The number of H-pyrrole nitrogens is 2. The van der Waals surface area contributed by atoms with Gasteiger partial charge in [-0.3, -0.25) is 14.8 Å². The van der Waals surface area contributed by atoms with Gasteiger partial charge in [0.05, 0.1) is 17.5 Å². The zero-order valence-corrected chi connectivity index (χ0v) is 16.6. The van der Waals surface area contributed by atoms with Gasteiger partial charge >= 0.3 is 5.69 Å². The van der Waals surface area contributed by atoms with E-state index in [9.17, 15) is 9.59 Å². The molecule has 30 heavy (non-hydrogen) atoms. The van der Waals surface area contributed by atoms with Crippen molar-refractivity contribution in [1.82, 2.24) is 15.0 Å². The third-order valence-corrected chi connectivity index (χ3v) is 6.06. The molecular weight excluding hydrogens is 378 g/mol. The maximum absolute atomic E-state index is 12.0. The molecule has 0 saturated heterocycles. The second kappa shape index (κ2) is 7.78. The molecule has 2 atom stereocenters. The molecule has 1 aliphatic carbocycles. The lowest BCUT2D eigenvalue weighted by Crippen LogP contribution is -2.22. The van der Waals surface area contributed by atoms with E-state index in [4.69, 9.17) is 4.74 Å². The summed E-state index contributed by atoms with van der Waals surface area (Å²) in [5, 5.41) is 1.07. The molecule has 2 aromatic heterocycles. The molecule has 6 nitrogen and oxygen atoms in total. The number of hydrogen-bond donors (Lipinski definition) is 2. The molecular formula is C24H23N3O3. The van der Waals surface area contributed by atoms with Crippen molar-refractivity contribution < 1.29 is 4.74 Å². The summed E-state index contributed by atoms with van der Waals surface area (Å²) >= 11 is 0. The van der Waals surface area contributed by atoms with Crippen LogP contribution in [0.1, 0.15) is 24.8 Å². The summed E-state index contributed by atoms with van der Waals surface area (Å²) in [6.07, 6.45) is 6.18. The number of nitrogens with zero attached hydrogens (tertiary/aromatic N) is 1. The van der Waals surface area contributed by atoms with Crippen LogP contribution in [0, 0.1) is 11.8 Å². The number of benzene rings is 2. The van der Waals surface area contributed by atoms with E-state index in [1.165, 1.54) is 31.0 Å². The van der Waals surface area contributed by atoms with Crippen LogP contribution in [0.5, 0.6) is 5.75 Å². The predicted octanol–water partition coefficient (Wildman–Crippen LogP) is 3.80. The minimum Gasteiger partial charge on any atom is -0.491 e. The number of nitrogens with one attached hydrogen (secondary N) is 2. The average molecular weight is 401 g/mol. The van der Waals surface area contributed by atoms with Crippen molar-refractivity contribution in [2.45, 2.75) is 25.7 Å². The molecule has 0 aliphatic heterocycles. The maximum atomic E-state index is 12.0. The molecule has 0 spiro atoms. The summed E-state index contributed by atoms with van der Waals surface area (Å²) in [6, 6.07) is 16.3. The number of hydrogen-bond acceptors (Lipinski definition) is 4. The molecule has 2 N–H and O–H groups in total. The van der Waals surface area contributed by atoms with E-state index in [0.717, 1.165) is 6.42 Å². The van der Waals surface area contributed by atoms with Crippen molar-refractivity contribution in [3.63, 3.8) is 0 Å². The summed E-state index contributed by atoms with van der Waals surface area (Å²) in [5.41, 5.74) is 1.58. The summed E-state index contributed by atoms with van der Waals surface area (Å²) < 4.78 is 6.17. The lowest BCUT2D eigenvalue weighted by Gasteiger charge is -2.14. The Bertz CT molecular complexity index is 1310. The van der Waals surface area contributed by atoms with Crippen LogP contribution in [0.25, 0.3) is 21.8 Å². The largest absolute Gasteiger partial charge is 0.491 e. The third-order valence-electron chi connectivity index (χ3n) is 6.06. The molecule has 1 fully saturated rings. The van der Waals surface area contributed by atoms with Gasteiger partial charge in [-0.15, -0.1) is 0 Å². The minimum absolute atomic E-state index is 0.360. The highest BCUT2D eigenvalue weighted by molar-refractivity contribution is 6.04. The van der Waals surface area contributed by atoms with Gasteiger partial charge in [0, 0.05) is 11.6 Å². The fourth-order valence-electron chi connectivity index (χ4n) is 4.60. The molecule has 2 unspecified atom stereocenters. The molecule has 1 saturated carbocycles. The first-order valence-electron chi connectivity index (χ1n) is 10.4. The van der Waals surface area contributed by atoms with Crippen molar-refractivity contribution in [2.24, 2.45) is 11.8 Å². The van der Waals surface area contributed by atoms with Crippen LogP contribution in [0.15, 0.2) is 64.3 Å². The summed E-state index contributed by atoms with van der Waals surface area (Å²) in [6.45, 7) is 0.649. The third kappa shape index (κ3) is 3.61. The van der Waals surface area contributed by atoms with E-state index in [0.29, 0.717) is 46.0 Å². The van der Waals surface area contributed by atoms with E-state index in [1.54, 1.807) is 0 Å². The van der Waals surface area contributed by atoms with Gasteiger partial charge in [0.15, 0.2) is 0 Å². The van der Waals surface area contributed by atoms with Crippen LogP contribution in [0.4, 0.5) is 0 Å². The van der Waals surface area contributed by atoms with E-state index in [-0.39, 0.29) is 0 Å². The maximum Gasteiger partial charge on any atom is 0.326 e. The standard InChI is InChI=1S/C24H23N3O3/c28-23-19-13-25-22-18(21(19)26-24(29)27-23)7-4-8-20(22)30-14-17-10-9-16(12-17)11-15-5-2-1-3-6-15/h1-8,13,16-17H,9-12,14H2,(H2,26,27,28,29). The quantitative estimate of drug-likeness (QED) is 0.498. The zero-order valence-electron chi connectivity index (χ0n) is 16.6. The normalized spacial score (nSPS) is 18.8. The van der Waals surface area contributed by atoms with E-state index in [2.05, 4.69) is 45.3 Å². The fraction of sp³-hybridized carbons (Fsp3) is 0.292. The van der Waals surface area contributed by atoms with E-state index in [1.807, 2.05) is 18.2 Å². The fourth-order valence-corrected chi connectivity index (χ4v) is 4.60. The molecule has 5 rings (SSSR count). The van der Waals surface area contributed by atoms with Crippen molar-refractivity contribution in [1.29, 1.82) is 0 Å². The second-order valence-electron chi connectivity index (χ2n) is 8.15. The number of aromatic amines is 2. The van der Waals surface area contributed by atoms with Gasteiger partial charge in [-0.25, -0.2) is 4.79 Å². The number of ether oxygens (including phenoxy) is 1. The van der Waals surface area contributed by atoms with Gasteiger partial charge in [0.1, 0.15) is 11.3 Å². The molecule has 0 radical (unpaired) electrons. The molecule has 2 heterocycles. The number of pyridine rings is 1. The minimum atomic E-state index is -0.526. The summed E-state index contributed by atoms with van der Waals surface area (Å²) in [4.78, 5) is 33.2. The number of rotatable bonds is 5. The van der Waals surface area contributed by atoms with Crippen molar-refractivity contribution in [2.75, 3.05) is 6.61 Å². The van der Waals surface area contributed by atoms with Gasteiger partial charge in [-0.1, -0.05) is 42.5 Å². The highest BCUT2D eigenvalue weighted by Gasteiger charge is 2.25. The number of fused-ring (bicyclic) bond motifs is 3. The topological polar surface area (TPSA) is 87.8 Å². The molecule has 0 bridgehead atoms. The SMILES string of the molecule is O=c1[nH]c(=O)c2cnc3c(OCC4CCC(Cc5ccccc5)C4)cccc3c2[nH]1. The molecule has 152 valence electrons. The first-order valence-corrected chi connectivity index (χ1v) is 10.4. The molecule has 2 aromatic carbocycles. The van der Waals surface area contributed by atoms with Crippen molar-refractivity contribution in [3.05, 3.63) is 81.1 Å². The Balaban J connectivity index is 1.33. The van der Waals surface area contributed by atoms with Crippen LogP contribution in [-0.2, 0) is 6.42 Å². The van der Waals surface area contributed by atoms with Gasteiger partial charge in [-0.05, 0) is 49.1 Å². The molecule has 1 aliphatic rings. The van der Waals surface area contributed by atoms with Gasteiger partial charge in [0.2, 0.25) is 0 Å². The summed E-state index contributed by atoms with van der Waals surface area (Å²) in [7, 11) is 0. The van der Waals surface area contributed by atoms with Gasteiger partial charge in [0.25, 0.3) is 5.56 Å². The Morgan fingerprint density at radius 3 is 2.63 bits per heavy atom. The number of aromatic nitrogens is 3. The van der Waals surface area contributed by atoms with Crippen molar-refractivity contribution in [3.8, 4) is 5.75 Å². The Kier molecular flexibility index (Phi) is 4.83. The van der Waals surface area contributed by atoms with E-state index < -0.39 is 11.2 Å². The molecule has 0 amide bonds. The van der Waals surface area contributed by atoms with Crippen LogP contribution in [0.3, 0.4) is 0 Å². The highest BCUT2D eigenvalue weighted by atomic mass is 16.5. The monoisotopic (exact) mass is 401 g/mol. The first kappa shape index (κ1) is 18.6. The zero-order chi connectivity index (χ0) is 20.5. The Hall–Kier alpha value is -3.41. The Morgan fingerprint density at radius 2 is 1.77 bits per heavy atom. The van der Waals surface area contributed by atoms with Crippen LogP contribution >= 0.6 is 0 Å². The predicted molar refractivity (Wildman–Crippen MR) is 117 cm³/mol. The van der Waals surface area contributed by atoms with Crippen molar-refractivity contribution >= 4 is 21.8 Å². The summed E-state index contributed by atoms with van der Waals surface area (Å²) in [5.74, 6) is 1.91. The number of para-hydroxylation sites is 1. The van der Waals surface area contributed by atoms with Gasteiger partial charge < -0.3 is 9.72 Å². The average Bonchev–Trinajstić information content (AvgIpc) is 3.20. The highest BCUT2D eigenvalue weighted by Crippen LogP contribution is 2.34. The van der Waals surface area contributed by atoms with E-state index >= 15 is 0 Å². The first-order chi connectivity index (χ1) is 14.7. The molecule has 6 heteroatoms. The van der Waals surface area contributed by atoms with Gasteiger partial charge in [-0.2, -0.15) is 0 Å². The lowest BCUT2D eigenvalue weighted by atomic mass is 9.97.